The van der Waals surface area contributed by atoms with Gasteiger partial charge in [0.2, 0.25) is 0 Å². The highest BCUT2D eigenvalue weighted by molar-refractivity contribution is 5.99. The summed E-state index contributed by atoms with van der Waals surface area (Å²) in [6, 6.07) is 19.6. The van der Waals surface area contributed by atoms with Crippen molar-refractivity contribution in [1.29, 1.82) is 0 Å². The third kappa shape index (κ3) is 3.82. The fourth-order valence-electron chi connectivity index (χ4n) is 3.95. The van der Waals surface area contributed by atoms with E-state index in [0.717, 1.165) is 10.8 Å². The largest absolute Gasteiger partial charge is 0.496 e. The summed E-state index contributed by atoms with van der Waals surface area (Å²) >= 11 is 0. The summed E-state index contributed by atoms with van der Waals surface area (Å²) < 4.78 is 11.0. The smallest absolute Gasteiger partial charge is 0.347 e. The van der Waals surface area contributed by atoms with Crippen molar-refractivity contribution >= 4 is 16.7 Å². The lowest BCUT2D eigenvalue weighted by molar-refractivity contribution is 0.0731. The number of esters is 1. The number of benzene rings is 3. The topological polar surface area (TPSA) is 35.5 Å². The van der Waals surface area contributed by atoms with Gasteiger partial charge in [0, 0.05) is 0 Å². The van der Waals surface area contributed by atoms with E-state index in [1.807, 2.05) is 48.5 Å². The zero-order valence-electron chi connectivity index (χ0n) is 15.6. The molecule has 138 valence electrons. The molecule has 0 bridgehead atoms. The lowest BCUT2D eigenvalue weighted by atomic mass is 9.84. The number of carbonyl (C=O) groups is 1. The third-order valence-corrected chi connectivity index (χ3v) is 5.45. The maximum absolute atomic E-state index is 12.7. The predicted molar refractivity (Wildman–Crippen MR) is 108 cm³/mol. The van der Waals surface area contributed by atoms with E-state index in [4.69, 9.17) is 9.47 Å². The molecule has 3 aromatic rings. The van der Waals surface area contributed by atoms with Crippen LogP contribution in [0.4, 0.5) is 0 Å². The van der Waals surface area contributed by atoms with E-state index in [1.165, 1.54) is 37.7 Å². The van der Waals surface area contributed by atoms with Crippen molar-refractivity contribution in [2.75, 3.05) is 7.11 Å². The monoisotopic (exact) mass is 360 g/mol. The van der Waals surface area contributed by atoms with E-state index in [2.05, 4.69) is 12.1 Å². The Labute approximate surface area is 159 Å². The molecular formula is C24H24O3. The molecule has 0 saturated heterocycles. The van der Waals surface area contributed by atoms with Crippen LogP contribution >= 0.6 is 0 Å². The third-order valence-electron chi connectivity index (χ3n) is 5.45. The quantitative estimate of drug-likeness (QED) is 0.415. The van der Waals surface area contributed by atoms with E-state index < -0.39 is 5.97 Å². The molecule has 3 nitrogen and oxygen atoms in total. The molecule has 0 aromatic heterocycles. The van der Waals surface area contributed by atoms with Crippen molar-refractivity contribution in [2.24, 2.45) is 0 Å². The standard InChI is InChI=1S/C24H24O3/c1-26-23-16-20-10-6-5-9-19(20)15-22(23)24(25)27-21-13-11-18(12-14-21)17-7-3-2-4-8-17/h5-6,9-17H,2-4,7-8H2,1H3. The van der Waals surface area contributed by atoms with Crippen molar-refractivity contribution in [3.63, 3.8) is 0 Å². The SMILES string of the molecule is COc1cc2ccccc2cc1C(=O)Oc1ccc(C2CCCCC2)cc1. The molecule has 0 heterocycles. The molecule has 1 aliphatic carbocycles. The van der Waals surface area contributed by atoms with Gasteiger partial charge < -0.3 is 9.47 Å². The highest BCUT2D eigenvalue weighted by atomic mass is 16.5. The number of rotatable bonds is 4. The number of carbonyl (C=O) groups excluding carboxylic acids is 1. The zero-order valence-corrected chi connectivity index (χ0v) is 15.6. The maximum atomic E-state index is 12.7. The summed E-state index contributed by atoms with van der Waals surface area (Å²) in [6.07, 6.45) is 6.48. The first-order chi connectivity index (χ1) is 13.2. The van der Waals surface area contributed by atoms with Crippen molar-refractivity contribution in [3.05, 3.63) is 71.8 Å². The van der Waals surface area contributed by atoms with Gasteiger partial charge in [-0.2, -0.15) is 0 Å². The minimum Gasteiger partial charge on any atom is -0.496 e. The Morgan fingerprint density at radius 2 is 1.56 bits per heavy atom. The van der Waals surface area contributed by atoms with Gasteiger partial charge in [-0.1, -0.05) is 55.7 Å². The van der Waals surface area contributed by atoms with Crippen LogP contribution in [0.3, 0.4) is 0 Å². The van der Waals surface area contributed by atoms with Gasteiger partial charge >= 0.3 is 5.97 Å². The molecule has 0 atom stereocenters. The van der Waals surface area contributed by atoms with Crippen LogP contribution in [-0.4, -0.2) is 13.1 Å². The van der Waals surface area contributed by atoms with Crippen molar-refractivity contribution in [3.8, 4) is 11.5 Å². The van der Waals surface area contributed by atoms with Gasteiger partial charge in [0.05, 0.1) is 7.11 Å². The Morgan fingerprint density at radius 1 is 0.889 bits per heavy atom. The van der Waals surface area contributed by atoms with Crippen LogP contribution in [0.15, 0.2) is 60.7 Å². The molecule has 3 aromatic carbocycles. The second-order valence-corrected chi connectivity index (χ2v) is 7.19. The van der Waals surface area contributed by atoms with Crippen LogP contribution in [0.1, 0.15) is 53.9 Å². The predicted octanol–water partition coefficient (Wildman–Crippen LogP) is 6.12. The van der Waals surface area contributed by atoms with Crippen molar-refractivity contribution in [2.45, 2.75) is 38.0 Å². The summed E-state index contributed by atoms with van der Waals surface area (Å²) in [7, 11) is 1.57. The minimum absolute atomic E-state index is 0.400. The average molecular weight is 360 g/mol. The highest BCUT2D eigenvalue weighted by Gasteiger charge is 2.18. The van der Waals surface area contributed by atoms with Crippen LogP contribution < -0.4 is 9.47 Å². The Hall–Kier alpha value is -2.81. The molecule has 0 aliphatic heterocycles. The molecule has 0 N–H and O–H groups in total. The molecule has 0 amide bonds. The second kappa shape index (κ2) is 7.83. The lowest BCUT2D eigenvalue weighted by Gasteiger charge is -2.22. The molecule has 0 spiro atoms. The first kappa shape index (κ1) is 17.6. The Balaban J connectivity index is 1.54. The van der Waals surface area contributed by atoms with E-state index in [1.54, 1.807) is 7.11 Å². The molecular weight excluding hydrogens is 336 g/mol. The number of fused-ring (bicyclic) bond motifs is 1. The maximum Gasteiger partial charge on any atom is 0.347 e. The highest BCUT2D eigenvalue weighted by Crippen LogP contribution is 2.33. The first-order valence-corrected chi connectivity index (χ1v) is 9.63. The average Bonchev–Trinajstić information content (AvgIpc) is 2.74. The van der Waals surface area contributed by atoms with E-state index in [-0.39, 0.29) is 0 Å². The molecule has 0 unspecified atom stereocenters. The number of hydrogen-bond donors (Lipinski definition) is 0. The molecule has 3 heteroatoms. The van der Waals surface area contributed by atoms with Gasteiger partial charge in [-0.05, 0) is 59.4 Å². The van der Waals surface area contributed by atoms with Gasteiger partial charge in [-0.25, -0.2) is 4.79 Å². The van der Waals surface area contributed by atoms with Crippen LogP contribution in [0.5, 0.6) is 11.5 Å². The molecule has 1 saturated carbocycles. The Kier molecular flexibility index (Phi) is 5.10. The summed E-state index contributed by atoms with van der Waals surface area (Å²) in [4.78, 5) is 12.7. The number of ether oxygens (including phenoxy) is 2. The molecule has 1 fully saturated rings. The summed E-state index contributed by atoms with van der Waals surface area (Å²) in [5, 5.41) is 2.01. The molecule has 1 aliphatic rings. The number of methoxy groups -OCH3 is 1. The van der Waals surface area contributed by atoms with Crippen LogP contribution in [0.25, 0.3) is 10.8 Å². The van der Waals surface area contributed by atoms with Crippen LogP contribution in [0.2, 0.25) is 0 Å². The van der Waals surface area contributed by atoms with E-state index in [9.17, 15) is 4.79 Å². The van der Waals surface area contributed by atoms with Crippen molar-refractivity contribution in [1.82, 2.24) is 0 Å². The lowest BCUT2D eigenvalue weighted by Crippen LogP contribution is -2.10. The van der Waals surface area contributed by atoms with Gasteiger partial charge in [0.15, 0.2) is 0 Å². The fourth-order valence-corrected chi connectivity index (χ4v) is 3.95. The van der Waals surface area contributed by atoms with Gasteiger partial charge in [0.1, 0.15) is 17.1 Å². The summed E-state index contributed by atoms with van der Waals surface area (Å²) in [5.41, 5.74) is 1.78. The Morgan fingerprint density at radius 3 is 2.22 bits per heavy atom. The molecule has 4 rings (SSSR count). The zero-order chi connectivity index (χ0) is 18.6. The van der Waals surface area contributed by atoms with Gasteiger partial charge in [0.25, 0.3) is 0 Å². The fraction of sp³-hybridized carbons (Fsp3) is 0.292. The summed E-state index contributed by atoms with van der Waals surface area (Å²) in [6.45, 7) is 0. The van der Waals surface area contributed by atoms with E-state index >= 15 is 0 Å². The molecule has 27 heavy (non-hydrogen) atoms. The molecule has 0 radical (unpaired) electrons. The second-order valence-electron chi connectivity index (χ2n) is 7.19. The van der Waals surface area contributed by atoms with Crippen molar-refractivity contribution < 1.29 is 14.3 Å². The van der Waals surface area contributed by atoms with Gasteiger partial charge in [-0.15, -0.1) is 0 Å². The van der Waals surface area contributed by atoms with Crippen LogP contribution in [-0.2, 0) is 0 Å². The normalized spacial score (nSPS) is 14.9. The van der Waals surface area contributed by atoms with E-state index in [0.29, 0.717) is 23.0 Å². The van der Waals surface area contributed by atoms with Crippen LogP contribution in [0, 0.1) is 0 Å². The first-order valence-electron chi connectivity index (χ1n) is 9.63. The summed E-state index contributed by atoms with van der Waals surface area (Å²) in [5.74, 6) is 1.33. The minimum atomic E-state index is -0.400. The number of hydrogen-bond acceptors (Lipinski definition) is 3. The van der Waals surface area contributed by atoms with Gasteiger partial charge in [-0.3, -0.25) is 0 Å². The Bertz CT molecular complexity index is 938.